The van der Waals surface area contributed by atoms with Crippen molar-refractivity contribution in [1.82, 2.24) is 14.9 Å². The fourth-order valence-corrected chi connectivity index (χ4v) is 3.60. The molecule has 0 amide bonds. The second-order valence-electron chi connectivity index (χ2n) is 6.62. The van der Waals surface area contributed by atoms with Gasteiger partial charge in [-0.15, -0.1) is 0 Å². The first kappa shape index (κ1) is 16.0. The molecule has 1 saturated heterocycles. The summed E-state index contributed by atoms with van der Waals surface area (Å²) in [7, 11) is 0. The second-order valence-corrected chi connectivity index (χ2v) is 6.62. The minimum absolute atomic E-state index is 0.152. The zero-order valence-electron chi connectivity index (χ0n) is 14.1. The highest BCUT2D eigenvalue weighted by Crippen LogP contribution is 2.32. The average Bonchev–Trinajstić information content (AvgIpc) is 3.04. The van der Waals surface area contributed by atoms with E-state index in [2.05, 4.69) is 10.3 Å². The molecule has 0 aliphatic carbocycles. The number of benzene rings is 1. The van der Waals surface area contributed by atoms with Crippen LogP contribution in [0.3, 0.4) is 0 Å². The van der Waals surface area contributed by atoms with E-state index < -0.39 is 0 Å². The number of rotatable bonds is 2. The third-order valence-electron chi connectivity index (χ3n) is 4.99. The van der Waals surface area contributed by atoms with Gasteiger partial charge in [-0.3, -0.25) is 14.3 Å². The third-order valence-corrected chi connectivity index (χ3v) is 4.99. The van der Waals surface area contributed by atoms with Crippen molar-refractivity contribution < 1.29 is 9.18 Å². The van der Waals surface area contributed by atoms with Crippen molar-refractivity contribution in [2.24, 2.45) is 0 Å². The Kier molecular flexibility index (Phi) is 4.09. The zero-order chi connectivity index (χ0) is 17.4. The Morgan fingerprint density at radius 2 is 2.08 bits per heavy atom. The summed E-state index contributed by atoms with van der Waals surface area (Å²) in [4.78, 5) is 17.6. The number of nitrogens with zero attached hydrogens (tertiary/aromatic N) is 2. The molecule has 4 nitrogen and oxygen atoms in total. The van der Waals surface area contributed by atoms with Crippen molar-refractivity contribution in [3.8, 4) is 0 Å². The average molecular weight is 337 g/mol. The quantitative estimate of drug-likeness (QED) is 0.777. The number of hydrogen-bond acceptors (Lipinski definition) is 3. The molecule has 0 bridgehead atoms. The van der Waals surface area contributed by atoms with E-state index in [0.29, 0.717) is 17.0 Å². The molecule has 1 aliphatic rings. The lowest BCUT2D eigenvalue weighted by Crippen LogP contribution is -2.26. The van der Waals surface area contributed by atoms with Crippen LogP contribution in [0.5, 0.6) is 0 Å². The van der Waals surface area contributed by atoms with Crippen LogP contribution in [-0.2, 0) is 0 Å². The molecule has 0 unspecified atom stereocenters. The minimum atomic E-state index is -0.300. The molecule has 0 atom stereocenters. The molecule has 128 valence electrons. The van der Waals surface area contributed by atoms with E-state index in [0.717, 1.165) is 42.5 Å². The van der Waals surface area contributed by atoms with Gasteiger partial charge in [-0.25, -0.2) is 4.39 Å². The lowest BCUT2D eigenvalue weighted by atomic mass is 9.91. The summed E-state index contributed by atoms with van der Waals surface area (Å²) in [6, 6.07) is 8.25. The molecule has 1 aliphatic heterocycles. The Morgan fingerprint density at radius 1 is 1.28 bits per heavy atom. The van der Waals surface area contributed by atoms with E-state index in [1.54, 1.807) is 23.8 Å². The fraction of sp³-hybridized carbons (Fsp3) is 0.300. The van der Waals surface area contributed by atoms with Gasteiger partial charge in [0.05, 0.1) is 11.0 Å². The summed E-state index contributed by atoms with van der Waals surface area (Å²) in [5.74, 6) is -0.0464. The molecule has 1 fully saturated rings. The van der Waals surface area contributed by atoms with E-state index >= 15 is 0 Å². The molecule has 0 spiro atoms. The molecule has 5 heteroatoms. The first-order valence-corrected chi connectivity index (χ1v) is 8.62. The highest BCUT2D eigenvalue weighted by atomic mass is 19.1. The molecule has 0 saturated carbocycles. The van der Waals surface area contributed by atoms with Crippen LogP contribution < -0.4 is 5.32 Å². The molecular weight excluding hydrogens is 317 g/mol. The standard InChI is InChI=1S/C20H20FN3O/c1-13-11-15(4-5-17(13)21)20(25)24-12-16(14-6-9-22-10-7-14)19-18(24)3-2-8-23-19/h2-5,8,11-12,14,22H,6-7,9-10H2,1H3. The minimum Gasteiger partial charge on any atom is -0.317 e. The predicted molar refractivity (Wildman–Crippen MR) is 95.4 cm³/mol. The van der Waals surface area contributed by atoms with Gasteiger partial charge in [-0.1, -0.05) is 0 Å². The van der Waals surface area contributed by atoms with Crippen molar-refractivity contribution in [2.75, 3.05) is 13.1 Å². The molecule has 1 N–H and O–H groups in total. The first-order valence-electron chi connectivity index (χ1n) is 8.62. The summed E-state index contributed by atoms with van der Waals surface area (Å²) in [6.45, 7) is 3.63. The van der Waals surface area contributed by atoms with Crippen LogP contribution in [0.4, 0.5) is 4.39 Å². The number of aromatic nitrogens is 2. The predicted octanol–water partition coefficient (Wildman–Crippen LogP) is 3.64. The molecule has 4 rings (SSSR count). The van der Waals surface area contributed by atoms with Crippen molar-refractivity contribution in [1.29, 1.82) is 0 Å². The van der Waals surface area contributed by atoms with Gasteiger partial charge in [0.2, 0.25) is 0 Å². The van der Waals surface area contributed by atoms with Gasteiger partial charge in [0.15, 0.2) is 0 Å². The lowest BCUT2D eigenvalue weighted by Gasteiger charge is -2.21. The Bertz CT molecular complexity index is 941. The molecule has 0 radical (unpaired) electrons. The van der Waals surface area contributed by atoms with Crippen LogP contribution >= 0.6 is 0 Å². The summed E-state index contributed by atoms with van der Waals surface area (Å²) >= 11 is 0. The van der Waals surface area contributed by atoms with E-state index in [1.807, 2.05) is 18.3 Å². The Balaban J connectivity index is 1.81. The number of halogens is 1. The SMILES string of the molecule is Cc1cc(C(=O)n2cc(C3CCNCC3)c3ncccc32)ccc1F. The molecule has 25 heavy (non-hydrogen) atoms. The van der Waals surface area contributed by atoms with Gasteiger partial charge in [0.1, 0.15) is 5.82 Å². The Hall–Kier alpha value is -2.53. The number of pyridine rings is 1. The number of nitrogens with one attached hydrogen (secondary N) is 1. The summed E-state index contributed by atoms with van der Waals surface area (Å²) in [6.07, 6.45) is 5.78. The number of aryl methyl sites for hydroxylation is 1. The normalized spacial score (nSPS) is 15.6. The molecular formula is C20H20FN3O. The van der Waals surface area contributed by atoms with Crippen LogP contribution in [0, 0.1) is 12.7 Å². The summed E-state index contributed by atoms with van der Waals surface area (Å²) in [5, 5.41) is 3.37. The van der Waals surface area contributed by atoms with Gasteiger partial charge in [-0.2, -0.15) is 0 Å². The molecule has 2 aromatic heterocycles. The highest BCUT2D eigenvalue weighted by molar-refractivity contribution is 6.02. The van der Waals surface area contributed by atoms with E-state index in [9.17, 15) is 9.18 Å². The van der Waals surface area contributed by atoms with Crippen LogP contribution in [-0.4, -0.2) is 28.5 Å². The fourth-order valence-electron chi connectivity index (χ4n) is 3.60. The maximum atomic E-state index is 13.5. The first-order chi connectivity index (χ1) is 12.1. The van der Waals surface area contributed by atoms with E-state index in [-0.39, 0.29) is 11.7 Å². The van der Waals surface area contributed by atoms with Crippen molar-refractivity contribution in [2.45, 2.75) is 25.7 Å². The molecule has 3 heterocycles. The summed E-state index contributed by atoms with van der Waals surface area (Å²) in [5.41, 5.74) is 3.78. The van der Waals surface area contributed by atoms with Gasteiger partial charge >= 0.3 is 0 Å². The number of carbonyl (C=O) groups excluding carboxylic acids is 1. The number of hydrogen-bond donors (Lipinski definition) is 1. The summed E-state index contributed by atoms with van der Waals surface area (Å²) < 4.78 is 15.2. The number of carbonyl (C=O) groups is 1. The van der Waals surface area contributed by atoms with Gasteiger partial charge in [0, 0.05) is 18.0 Å². The largest absolute Gasteiger partial charge is 0.317 e. The van der Waals surface area contributed by atoms with Gasteiger partial charge in [0.25, 0.3) is 5.91 Å². The topological polar surface area (TPSA) is 46.9 Å². The van der Waals surface area contributed by atoms with E-state index in [4.69, 9.17) is 0 Å². The van der Waals surface area contributed by atoms with E-state index in [1.165, 1.54) is 12.1 Å². The van der Waals surface area contributed by atoms with Crippen molar-refractivity contribution in [3.05, 3.63) is 65.2 Å². The number of piperidine rings is 1. The smallest absolute Gasteiger partial charge is 0.262 e. The second kappa shape index (κ2) is 6.41. The highest BCUT2D eigenvalue weighted by Gasteiger charge is 2.23. The zero-order valence-corrected chi connectivity index (χ0v) is 14.1. The number of fused-ring (bicyclic) bond motifs is 1. The van der Waals surface area contributed by atoms with Gasteiger partial charge in [-0.05, 0) is 80.2 Å². The van der Waals surface area contributed by atoms with Crippen LogP contribution in [0.2, 0.25) is 0 Å². The monoisotopic (exact) mass is 337 g/mol. The van der Waals surface area contributed by atoms with Crippen molar-refractivity contribution in [3.63, 3.8) is 0 Å². The maximum Gasteiger partial charge on any atom is 0.262 e. The maximum absolute atomic E-state index is 13.5. The third kappa shape index (κ3) is 2.85. The molecule has 1 aromatic carbocycles. The lowest BCUT2D eigenvalue weighted by molar-refractivity contribution is 0.0964. The Morgan fingerprint density at radius 3 is 2.84 bits per heavy atom. The Labute approximate surface area is 145 Å². The van der Waals surface area contributed by atoms with Crippen LogP contribution in [0.15, 0.2) is 42.7 Å². The van der Waals surface area contributed by atoms with Crippen LogP contribution in [0.1, 0.15) is 40.2 Å². The molecule has 3 aromatic rings. The van der Waals surface area contributed by atoms with Gasteiger partial charge < -0.3 is 5.32 Å². The van der Waals surface area contributed by atoms with Crippen molar-refractivity contribution >= 4 is 16.9 Å². The van der Waals surface area contributed by atoms with Crippen LogP contribution in [0.25, 0.3) is 11.0 Å².